The summed E-state index contributed by atoms with van der Waals surface area (Å²) in [6.45, 7) is 1.54. The molecule has 1 aromatic heterocycles. The molecule has 0 atom stereocenters. The van der Waals surface area contributed by atoms with E-state index in [0.717, 1.165) is 24.2 Å². The number of carbonyl (C=O) groups is 1. The number of fused-ring (bicyclic) bond motifs is 1. The third kappa shape index (κ3) is 2.72. The summed E-state index contributed by atoms with van der Waals surface area (Å²) >= 11 is 6.05. The number of halogens is 1. The molecule has 0 saturated heterocycles. The van der Waals surface area contributed by atoms with E-state index in [9.17, 15) is 4.79 Å². The fourth-order valence-corrected chi connectivity index (χ4v) is 2.61. The zero-order valence-corrected chi connectivity index (χ0v) is 12.3. The van der Waals surface area contributed by atoms with Crippen LogP contribution in [0.2, 0.25) is 5.02 Å². The van der Waals surface area contributed by atoms with Crippen molar-refractivity contribution in [3.8, 4) is 5.75 Å². The number of hydrogen-bond donors (Lipinski definition) is 3. The fourth-order valence-electron chi connectivity index (χ4n) is 2.35. The number of hydrogen-bond acceptors (Lipinski definition) is 4. The molecule has 1 aliphatic rings. The van der Waals surface area contributed by atoms with Crippen molar-refractivity contribution in [3.05, 3.63) is 40.2 Å². The highest BCUT2D eigenvalue weighted by Crippen LogP contribution is 2.27. The molecule has 7 heteroatoms. The second-order valence-corrected chi connectivity index (χ2v) is 5.17. The Hall–Kier alpha value is -2.05. The number of amides is 1. The van der Waals surface area contributed by atoms with Gasteiger partial charge in [0.25, 0.3) is 5.91 Å². The van der Waals surface area contributed by atoms with Crippen LogP contribution < -0.4 is 15.4 Å². The molecule has 1 amide bonds. The highest BCUT2D eigenvalue weighted by molar-refractivity contribution is 6.32. The SMILES string of the molecule is COc1ccc(NC(=O)c2n[nH]c3c2CNCC3)cc1Cl. The van der Waals surface area contributed by atoms with E-state index in [1.54, 1.807) is 25.3 Å². The summed E-state index contributed by atoms with van der Waals surface area (Å²) in [5, 5.41) is 13.5. The first-order valence-electron chi connectivity index (χ1n) is 6.60. The van der Waals surface area contributed by atoms with Gasteiger partial charge >= 0.3 is 0 Å². The Morgan fingerprint density at radius 1 is 1.48 bits per heavy atom. The minimum Gasteiger partial charge on any atom is -0.495 e. The van der Waals surface area contributed by atoms with Crippen LogP contribution in [0, 0.1) is 0 Å². The lowest BCUT2D eigenvalue weighted by Gasteiger charge is -2.13. The number of anilines is 1. The molecule has 0 bridgehead atoms. The Bertz CT molecular complexity index is 684. The molecule has 3 rings (SSSR count). The van der Waals surface area contributed by atoms with E-state index in [1.807, 2.05) is 0 Å². The van der Waals surface area contributed by atoms with Crippen molar-refractivity contribution in [1.82, 2.24) is 15.5 Å². The van der Waals surface area contributed by atoms with Gasteiger partial charge in [-0.3, -0.25) is 9.89 Å². The summed E-state index contributed by atoms with van der Waals surface area (Å²) in [5.41, 5.74) is 2.97. The third-order valence-electron chi connectivity index (χ3n) is 3.43. The van der Waals surface area contributed by atoms with Gasteiger partial charge in [0.05, 0.1) is 12.1 Å². The number of carbonyl (C=O) groups excluding carboxylic acids is 1. The molecule has 110 valence electrons. The van der Waals surface area contributed by atoms with Crippen LogP contribution in [-0.2, 0) is 13.0 Å². The van der Waals surface area contributed by atoms with Crippen LogP contribution in [0.4, 0.5) is 5.69 Å². The second-order valence-electron chi connectivity index (χ2n) is 4.76. The number of ether oxygens (including phenoxy) is 1. The van der Waals surface area contributed by atoms with Crippen molar-refractivity contribution in [2.24, 2.45) is 0 Å². The number of aromatic amines is 1. The molecular weight excluding hydrogens is 292 g/mol. The Balaban J connectivity index is 1.80. The van der Waals surface area contributed by atoms with Gasteiger partial charge in [0.1, 0.15) is 5.75 Å². The van der Waals surface area contributed by atoms with Crippen LogP contribution in [-0.4, -0.2) is 29.8 Å². The molecular formula is C14H15ClN4O2. The normalized spacial score (nSPS) is 13.6. The van der Waals surface area contributed by atoms with Crippen LogP contribution in [0.25, 0.3) is 0 Å². The lowest BCUT2D eigenvalue weighted by molar-refractivity contribution is 0.102. The van der Waals surface area contributed by atoms with E-state index in [-0.39, 0.29) is 5.91 Å². The Morgan fingerprint density at radius 2 is 2.33 bits per heavy atom. The molecule has 1 aliphatic heterocycles. The number of nitrogens with one attached hydrogen (secondary N) is 3. The predicted octanol–water partition coefficient (Wildman–Crippen LogP) is 1.97. The van der Waals surface area contributed by atoms with Crippen LogP contribution >= 0.6 is 11.6 Å². The van der Waals surface area contributed by atoms with Crippen molar-refractivity contribution in [3.63, 3.8) is 0 Å². The average molecular weight is 307 g/mol. The summed E-state index contributed by atoms with van der Waals surface area (Å²) < 4.78 is 5.08. The van der Waals surface area contributed by atoms with Crippen molar-refractivity contribution in [2.45, 2.75) is 13.0 Å². The summed E-state index contributed by atoms with van der Waals surface area (Å²) in [6.07, 6.45) is 0.851. The van der Waals surface area contributed by atoms with Crippen LogP contribution in [0.5, 0.6) is 5.75 Å². The van der Waals surface area contributed by atoms with Crippen molar-refractivity contribution >= 4 is 23.2 Å². The van der Waals surface area contributed by atoms with E-state index in [0.29, 0.717) is 28.7 Å². The van der Waals surface area contributed by atoms with Crippen molar-refractivity contribution < 1.29 is 9.53 Å². The van der Waals surface area contributed by atoms with E-state index in [2.05, 4.69) is 20.8 Å². The summed E-state index contributed by atoms with van der Waals surface area (Å²) in [7, 11) is 1.54. The van der Waals surface area contributed by atoms with Crippen molar-refractivity contribution in [1.29, 1.82) is 0 Å². The number of aromatic nitrogens is 2. The van der Waals surface area contributed by atoms with E-state index in [1.165, 1.54) is 0 Å². The van der Waals surface area contributed by atoms with Gasteiger partial charge in [-0.1, -0.05) is 11.6 Å². The molecule has 3 N–H and O–H groups in total. The van der Waals surface area contributed by atoms with Crippen LogP contribution in [0.3, 0.4) is 0 Å². The van der Waals surface area contributed by atoms with Gasteiger partial charge in [0.15, 0.2) is 5.69 Å². The molecule has 0 aliphatic carbocycles. The molecule has 2 aromatic rings. The number of methoxy groups -OCH3 is 1. The van der Waals surface area contributed by atoms with E-state index in [4.69, 9.17) is 16.3 Å². The quantitative estimate of drug-likeness (QED) is 0.810. The smallest absolute Gasteiger partial charge is 0.276 e. The molecule has 0 fully saturated rings. The monoisotopic (exact) mass is 306 g/mol. The van der Waals surface area contributed by atoms with Gasteiger partial charge < -0.3 is 15.4 Å². The highest BCUT2D eigenvalue weighted by atomic mass is 35.5. The second kappa shape index (κ2) is 5.75. The number of benzene rings is 1. The van der Waals surface area contributed by atoms with Gasteiger partial charge in [-0.05, 0) is 18.2 Å². The first kappa shape index (κ1) is 13.9. The standard InChI is InChI=1S/C14H15ClN4O2/c1-21-12-3-2-8(6-10(12)15)17-14(20)13-9-7-16-5-4-11(9)18-19-13/h2-3,6,16H,4-5,7H2,1H3,(H,17,20)(H,18,19). The third-order valence-corrected chi connectivity index (χ3v) is 3.73. The molecule has 0 saturated carbocycles. The molecule has 1 aromatic carbocycles. The zero-order valence-electron chi connectivity index (χ0n) is 11.5. The number of H-pyrrole nitrogens is 1. The molecule has 0 unspecified atom stereocenters. The molecule has 0 radical (unpaired) electrons. The van der Waals surface area contributed by atoms with Crippen LogP contribution in [0.15, 0.2) is 18.2 Å². The Labute approximate surface area is 126 Å². The van der Waals surface area contributed by atoms with Gasteiger partial charge in [-0.15, -0.1) is 0 Å². The Morgan fingerprint density at radius 3 is 3.10 bits per heavy atom. The van der Waals surface area contributed by atoms with E-state index >= 15 is 0 Å². The topological polar surface area (TPSA) is 79.0 Å². The molecule has 0 spiro atoms. The predicted molar refractivity (Wildman–Crippen MR) is 80.0 cm³/mol. The largest absolute Gasteiger partial charge is 0.495 e. The Kier molecular flexibility index (Phi) is 3.81. The van der Waals surface area contributed by atoms with Gasteiger partial charge in [-0.25, -0.2) is 0 Å². The summed E-state index contributed by atoms with van der Waals surface area (Å²) in [5.74, 6) is 0.313. The molecule has 2 heterocycles. The minimum absolute atomic E-state index is 0.252. The fraction of sp³-hybridized carbons (Fsp3) is 0.286. The minimum atomic E-state index is -0.252. The number of rotatable bonds is 3. The maximum Gasteiger partial charge on any atom is 0.276 e. The zero-order chi connectivity index (χ0) is 14.8. The first-order valence-corrected chi connectivity index (χ1v) is 6.98. The maximum absolute atomic E-state index is 12.3. The summed E-state index contributed by atoms with van der Waals surface area (Å²) in [4.78, 5) is 12.3. The molecule has 21 heavy (non-hydrogen) atoms. The number of nitrogens with zero attached hydrogens (tertiary/aromatic N) is 1. The van der Waals surface area contributed by atoms with Gasteiger partial charge in [0.2, 0.25) is 0 Å². The van der Waals surface area contributed by atoms with Crippen molar-refractivity contribution in [2.75, 3.05) is 19.0 Å². The van der Waals surface area contributed by atoms with Gasteiger partial charge in [0, 0.05) is 36.5 Å². The van der Waals surface area contributed by atoms with Crippen LogP contribution in [0.1, 0.15) is 21.7 Å². The molecule has 6 nitrogen and oxygen atoms in total. The summed E-state index contributed by atoms with van der Waals surface area (Å²) in [6, 6.07) is 5.09. The van der Waals surface area contributed by atoms with E-state index < -0.39 is 0 Å². The lowest BCUT2D eigenvalue weighted by atomic mass is 10.1. The first-order chi connectivity index (χ1) is 10.2. The maximum atomic E-state index is 12.3. The lowest BCUT2D eigenvalue weighted by Crippen LogP contribution is -2.25. The van der Waals surface area contributed by atoms with Gasteiger partial charge in [-0.2, -0.15) is 5.10 Å². The average Bonchev–Trinajstić information content (AvgIpc) is 2.91. The highest BCUT2D eigenvalue weighted by Gasteiger charge is 2.21.